The van der Waals surface area contributed by atoms with Crippen molar-refractivity contribution in [3.05, 3.63) is 0 Å². The van der Waals surface area contributed by atoms with Crippen LogP contribution in [0.1, 0.15) is 162 Å². The van der Waals surface area contributed by atoms with Crippen molar-refractivity contribution in [2.45, 2.75) is 168 Å². The molecule has 0 radical (unpaired) electrons. The van der Waals surface area contributed by atoms with Gasteiger partial charge in [-0.2, -0.15) is 0 Å². The Kier molecular flexibility index (Phi) is 22.9. The van der Waals surface area contributed by atoms with Gasteiger partial charge in [-0.1, -0.05) is 130 Å². The number of likely N-dealkylation sites (tertiary alicyclic amines) is 1. The van der Waals surface area contributed by atoms with Crippen LogP contribution in [-0.4, -0.2) is 51.9 Å². The van der Waals surface area contributed by atoms with Crippen molar-refractivity contribution in [2.24, 2.45) is 5.92 Å². The van der Waals surface area contributed by atoms with E-state index in [4.69, 9.17) is 0 Å². The molecule has 1 aliphatic rings. The Labute approximate surface area is 230 Å². The largest absolute Gasteiger partial charge is 0.306 e. The van der Waals surface area contributed by atoms with E-state index < -0.39 is 11.0 Å². The molecule has 216 valence electrons. The van der Waals surface area contributed by atoms with Gasteiger partial charge in [-0.3, -0.25) is 0 Å². The predicted octanol–water partition coefficient (Wildman–Crippen LogP) is 9.52. The minimum atomic E-state index is -0.806. The van der Waals surface area contributed by atoms with Crippen LogP contribution in [0.5, 0.6) is 0 Å². The van der Waals surface area contributed by atoms with Crippen molar-refractivity contribution in [3.8, 4) is 0 Å². The molecule has 0 N–H and O–H groups in total. The van der Waals surface area contributed by atoms with Gasteiger partial charge in [-0.25, -0.2) is 8.51 Å². The number of unbranched alkanes of at least 4 members (excludes halogenated alkanes) is 15. The quantitative estimate of drug-likeness (QED) is 0.111. The molecule has 0 aromatic carbocycles. The molecule has 0 bridgehead atoms. The summed E-state index contributed by atoms with van der Waals surface area (Å²) >= 11 is 0. The van der Waals surface area contributed by atoms with E-state index in [1.807, 2.05) is 0 Å². The molecular formula is C32H66N2OS. The van der Waals surface area contributed by atoms with Crippen LogP contribution in [0.25, 0.3) is 0 Å². The highest BCUT2D eigenvalue weighted by Gasteiger charge is 2.28. The van der Waals surface area contributed by atoms with Gasteiger partial charge in [0.25, 0.3) is 0 Å². The van der Waals surface area contributed by atoms with Gasteiger partial charge in [0.1, 0.15) is 0 Å². The van der Waals surface area contributed by atoms with Gasteiger partial charge in [0, 0.05) is 18.3 Å². The highest BCUT2D eigenvalue weighted by molar-refractivity contribution is 7.82. The molecule has 4 heteroatoms. The third-order valence-electron chi connectivity index (χ3n) is 8.40. The van der Waals surface area contributed by atoms with Crippen LogP contribution < -0.4 is 0 Å². The molecule has 3 nitrogen and oxygen atoms in total. The minimum absolute atomic E-state index is 0.530. The zero-order valence-electron chi connectivity index (χ0n) is 25.3. The number of rotatable bonds is 25. The summed E-state index contributed by atoms with van der Waals surface area (Å²) in [6.45, 7) is 10.4. The molecule has 1 heterocycles. The highest BCUT2D eigenvalue weighted by atomic mass is 32.2. The summed E-state index contributed by atoms with van der Waals surface area (Å²) < 4.78 is 16.3. The molecule has 2 unspecified atom stereocenters. The summed E-state index contributed by atoms with van der Waals surface area (Å²) in [4.78, 5) is 2.47. The molecule has 0 aromatic rings. The van der Waals surface area contributed by atoms with E-state index in [1.165, 1.54) is 148 Å². The van der Waals surface area contributed by atoms with E-state index in [0.717, 1.165) is 24.6 Å². The second kappa shape index (κ2) is 24.1. The lowest BCUT2D eigenvalue weighted by Gasteiger charge is -2.36. The van der Waals surface area contributed by atoms with Crippen molar-refractivity contribution in [1.82, 2.24) is 9.21 Å². The zero-order valence-corrected chi connectivity index (χ0v) is 26.1. The van der Waals surface area contributed by atoms with E-state index in [9.17, 15) is 4.21 Å². The number of hydrogen-bond donors (Lipinski definition) is 0. The monoisotopic (exact) mass is 526 g/mol. The highest BCUT2D eigenvalue weighted by Crippen LogP contribution is 2.25. The Morgan fingerprint density at radius 2 is 1.08 bits per heavy atom. The van der Waals surface area contributed by atoms with E-state index in [2.05, 4.69) is 37.0 Å². The molecule has 1 rings (SSSR count). The average molecular weight is 527 g/mol. The van der Waals surface area contributed by atoms with Crippen molar-refractivity contribution in [1.29, 1.82) is 0 Å². The van der Waals surface area contributed by atoms with Crippen molar-refractivity contribution in [3.63, 3.8) is 0 Å². The summed E-state index contributed by atoms with van der Waals surface area (Å²) in [7, 11) is 1.45. The van der Waals surface area contributed by atoms with Gasteiger partial charge in [-0.15, -0.1) is 0 Å². The van der Waals surface area contributed by atoms with Crippen LogP contribution in [0.3, 0.4) is 0 Å². The maximum absolute atomic E-state index is 13.8. The Hall–Kier alpha value is 0.0700. The standard InChI is InChI=1S/C32H66N2OS/c1-5-8-11-14-16-18-21-24-32(23-20-17-13-10-7-3)34(30-31-25-27-33(4)28-26-31)36(35)29-22-19-15-12-9-6-2/h31-32H,5-30H2,1-4H3. The first-order valence-electron chi connectivity index (χ1n) is 16.5. The van der Waals surface area contributed by atoms with E-state index in [0.29, 0.717) is 6.04 Å². The maximum Gasteiger partial charge on any atom is 0.0945 e. The third kappa shape index (κ3) is 17.6. The van der Waals surface area contributed by atoms with Gasteiger partial charge in [0.05, 0.1) is 11.0 Å². The van der Waals surface area contributed by atoms with Crippen LogP contribution in [0.4, 0.5) is 0 Å². The van der Waals surface area contributed by atoms with Gasteiger partial charge in [0.2, 0.25) is 0 Å². The molecule has 1 fully saturated rings. The molecule has 0 amide bonds. The topological polar surface area (TPSA) is 23.6 Å². The Morgan fingerprint density at radius 1 is 0.667 bits per heavy atom. The Morgan fingerprint density at radius 3 is 1.56 bits per heavy atom. The first-order valence-corrected chi connectivity index (χ1v) is 17.7. The van der Waals surface area contributed by atoms with Gasteiger partial charge in [0.15, 0.2) is 0 Å². The molecule has 2 atom stereocenters. The second-order valence-electron chi connectivity index (χ2n) is 11.9. The van der Waals surface area contributed by atoms with Crippen LogP contribution >= 0.6 is 0 Å². The van der Waals surface area contributed by atoms with Crippen LogP contribution in [0, 0.1) is 5.92 Å². The molecule has 1 aliphatic heterocycles. The van der Waals surface area contributed by atoms with Gasteiger partial charge >= 0.3 is 0 Å². The lowest BCUT2D eigenvalue weighted by atomic mass is 9.95. The lowest BCUT2D eigenvalue weighted by molar-refractivity contribution is 0.176. The maximum atomic E-state index is 13.8. The molecule has 36 heavy (non-hydrogen) atoms. The van der Waals surface area contributed by atoms with E-state index in [-0.39, 0.29) is 0 Å². The summed E-state index contributed by atoms with van der Waals surface area (Å²) in [6, 6.07) is 0.530. The number of nitrogens with zero attached hydrogens (tertiary/aromatic N) is 2. The molecule has 0 aromatic heterocycles. The fourth-order valence-electron chi connectivity index (χ4n) is 5.77. The van der Waals surface area contributed by atoms with Crippen LogP contribution in [-0.2, 0) is 11.0 Å². The van der Waals surface area contributed by atoms with Crippen LogP contribution in [0.15, 0.2) is 0 Å². The molecule has 0 aliphatic carbocycles. The minimum Gasteiger partial charge on any atom is -0.306 e. The summed E-state index contributed by atoms with van der Waals surface area (Å²) in [5, 5.41) is 0. The summed E-state index contributed by atoms with van der Waals surface area (Å²) in [5.41, 5.74) is 0. The predicted molar refractivity (Wildman–Crippen MR) is 163 cm³/mol. The zero-order chi connectivity index (χ0) is 26.3. The molecule has 1 saturated heterocycles. The van der Waals surface area contributed by atoms with Crippen molar-refractivity contribution >= 4 is 11.0 Å². The Balaban J connectivity index is 2.70. The fraction of sp³-hybridized carbons (Fsp3) is 1.00. The average Bonchev–Trinajstić information content (AvgIpc) is 2.88. The van der Waals surface area contributed by atoms with Gasteiger partial charge < -0.3 is 4.90 Å². The smallest absolute Gasteiger partial charge is 0.0945 e. The summed E-state index contributed by atoms with van der Waals surface area (Å²) in [5.74, 6) is 1.62. The number of hydrogen-bond acceptors (Lipinski definition) is 2. The summed E-state index contributed by atoms with van der Waals surface area (Å²) in [6.07, 6.45) is 29.1. The van der Waals surface area contributed by atoms with Crippen molar-refractivity contribution < 1.29 is 4.21 Å². The molecule has 0 saturated carbocycles. The molecule has 0 spiro atoms. The Bertz CT molecular complexity index is 493. The first kappa shape index (κ1) is 34.1. The van der Waals surface area contributed by atoms with Crippen LogP contribution in [0.2, 0.25) is 0 Å². The fourth-order valence-corrected chi connectivity index (χ4v) is 7.38. The number of piperidine rings is 1. The first-order chi connectivity index (χ1) is 17.6. The third-order valence-corrected chi connectivity index (χ3v) is 10.0. The van der Waals surface area contributed by atoms with E-state index in [1.54, 1.807) is 0 Å². The second-order valence-corrected chi connectivity index (χ2v) is 13.4. The van der Waals surface area contributed by atoms with Gasteiger partial charge in [-0.05, 0) is 58.2 Å². The SMILES string of the molecule is CCCCCCCCCC(CCCCCCC)N(CC1CCN(C)CC1)S(=O)CCCCCCCC. The molecular weight excluding hydrogens is 460 g/mol. The van der Waals surface area contributed by atoms with Crippen molar-refractivity contribution in [2.75, 3.05) is 32.4 Å². The van der Waals surface area contributed by atoms with E-state index >= 15 is 0 Å². The normalized spacial score (nSPS) is 17.1. The lowest BCUT2D eigenvalue weighted by Crippen LogP contribution is -2.43.